The lowest BCUT2D eigenvalue weighted by Gasteiger charge is -2.11. The molecule has 1 N–H and O–H groups in total. The highest BCUT2D eigenvalue weighted by molar-refractivity contribution is 5.48. The number of halogens is 1. The van der Waals surface area contributed by atoms with Gasteiger partial charge in [-0.25, -0.2) is 9.37 Å². The lowest BCUT2D eigenvalue weighted by atomic mass is 10.2. The van der Waals surface area contributed by atoms with Gasteiger partial charge in [0.2, 0.25) is 5.75 Å². The van der Waals surface area contributed by atoms with Crippen LogP contribution in [0.15, 0.2) is 36.5 Å². The van der Waals surface area contributed by atoms with Crippen molar-refractivity contribution < 1.29 is 14.1 Å². The number of ether oxygens (including phenoxy) is 1. The van der Waals surface area contributed by atoms with Crippen molar-refractivity contribution >= 4 is 11.5 Å². The van der Waals surface area contributed by atoms with E-state index >= 15 is 0 Å². The Bertz CT molecular complexity index is 649. The van der Waals surface area contributed by atoms with Gasteiger partial charge in [-0.05, 0) is 19.1 Å². The largest absolute Gasteiger partial charge is 0.480 e. The zero-order valence-electron chi connectivity index (χ0n) is 11.4. The Morgan fingerprint density at radius 2 is 2.19 bits per heavy atom. The fraction of sp³-hybridized carbons (Fsp3) is 0.214. The summed E-state index contributed by atoms with van der Waals surface area (Å²) in [5.74, 6) is -0.522. The Morgan fingerprint density at radius 1 is 1.38 bits per heavy atom. The maximum Gasteiger partial charge on any atom is 0.314 e. The smallest absolute Gasteiger partial charge is 0.314 e. The van der Waals surface area contributed by atoms with E-state index in [9.17, 15) is 14.5 Å². The van der Waals surface area contributed by atoms with Crippen LogP contribution in [0.3, 0.4) is 0 Å². The molecule has 110 valence electrons. The van der Waals surface area contributed by atoms with Gasteiger partial charge in [0, 0.05) is 24.4 Å². The number of nitro benzene ring substituents is 1. The molecule has 21 heavy (non-hydrogen) atoms. The van der Waals surface area contributed by atoms with Crippen LogP contribution in [0.4, 0.5) is 15.9 Å². The number of rotatable bonds is 6. The Hall–Kier alpha value is -2.70. The molecule has 0 aliphatic carbocycles. The Kier molecular flexibility index (Phi) is 4.65. The van der Waals surface area contributed by atoms with Crippen molar-refractivity contribution in [3.8, 4) is 5.75 Å². The Morgan fingerprint density at radius 3 is 2.90 bits per heavy atom. The molecule has 1 aromatic carbocycles. The van der Waals surface area contributed by atoms with Crippen LogP contribution in [-0.2, 0) is 6.61 Å². The van der Waals surface area contributed by atoms with Gasteiger partial charge >= 0.3 is 5.69 Å². The first-order valence-corrected chi connectivity index (χ1v) is 6.37. The molecule has 2 rings (SSSR count). The molecule has 6 nitrogen and oxygen atoms in total. The summed E-state index contributed by atoms with van der Waals surface area (Å²) in [7, 11) is 0. The number of aromatic nitrogens is 1. The lowest BCUT2D eigenvalue weighted by molar-refractivity contribution is -0.386. The topological polar surface area (TPSA) is 77.3 Å². The van der Waals surface area contributed by atoms with Gasteiger partial charge in [0.15, 0.2) is 5.82 Å². The van der Waals surface area contributed by atoms with Gasteiger partial charge in [0.05, 0.1) is 4.92 Å². The van der Waals surface area contributed by atoms with Crippen LogP contribution in [-0.4, -0.2) is 16.5 Å². The summed E-state index contributed by atoms with van der Waals surface area (Å²) in [6.07, 6.45) is 1.62. The molecule has 0 unspecified atom stereocenters. The monoisotopic (exact) mass is 291 g/mol. The minimum Gasteiger partial charge on any atom is -0.480 e. The predicted molar refractivity (Wildman–Crippen MR) is 75.8 cm³/mol. The van der Waals surface area contributed by atoms with Gasteiger partial charge in [-0.3, -0.25) is 10.1 Å². The third-order valence-electron chi connectivity index (χ3n) is 2.75. The highest BCUT2D eigenvalue weighted by Gasteiger charge is 2.19. The number of para-hydroxylation sites is 1. The van der Waals surface area contributed by atoms with Gasteiger partial charge in [-0.15, -0.1) is 0 Å². The lowest BCUT2D eigenvalue weighted by Crippen LogP contribution is -2.07. The molecule has 0 aliphatic rings. The van der Waals surface area contributed by atoms with Crippen LogP contribution in [0.5, 0.6) is 5.75 Å². The standard InChI is InChI=1S/C14H14FN3O3/c1-2-16-14-10(5-4-8-17-14)9-21-13-11(15)6-3-7-12(13)18(19)20/h3-8H,2,9H2,1H3,(H,16,17). The normalized spacial score (nSPS) is 10.2. The van der Waals surface area contributed by atoms with Crippen molar-refractivity contribution in [1.82, 2.24) is 4.98 Å². The molecular weight excluding hydrogens is 277 g/mol. The van der Waals surface area contributed by atoms with Crippen molar-refractivity contribution in [1.29, 1.82) is 0 Å². The molecule has 0 saturated carbocycles. The fourth-order valence-electron chi connectivity index (χ4n) is 1.82. The first-order valence-electron chi connectivity index (χ1n) is 6.37. The minimum absolute atomic E-state index is 0.0159. The summed E-state index contributed by atoms with van der Waals surface area (Å²) in [5.41, 5.74) is 0.292. The van der Waals surface area contributed by atoms with E-state index in [1.54, 1.807) is 18.3 Å². The molecule has 0 spiro atoms. The molecule has 0 saturated heterocycles. The van der Waals surface area contributed by atoms with Gasteiger partial charge in [-0.2, -0.15) is 0 Å². The van der Waals surface area contributed by atoms with Gasteiger partial charge < -0.3 is 10.1 Å². The molecule has 0 amide bonds. The summed E-state index contributed by atoms with van der Waals surface area (Å²) in [6.45, 7) is 2.57. The maximum absolute atomic E-state index is 13.7. The zero-order chi connectivity index (χ0) is 15.2. The van der Waals surface area contributed by atoms with Gasteiger partial charge in [0.1, 0.15) is 12.4 Å². The van der Waals surface area contributed by atoms with E-state index in [1.165, 1.54) is 12.1 Å². The third kappa shape index (κ3) is 3.44. The average Bonchev–Trinajstić information content (AvgIpc) is 2.47. The second kappa shape index (κ2) is 6.65. The second-order valence-electron chi connectivity index (χ2n) is 4.18. The predicted octanol–water partition coefficient (Wildman–Crippen LogP) is 3.14. The van der Waals surface area contributed by atoms with Crippen molar-refractivity contribution in [2.24, 2.45) is 0 Å². The van der Waals surface area contributed by atoms with Crippen molar-refractivity contribution in [3.63, 3.8) is 0 Å². The minimum atomic E-state index is -0.766. The van der Waals surface area contributed by atoms with Gasteiger partial charge in [-0.1, -0.05) is 12.1 Å². The van der Waals surface area contributed by atoms with Crippen molar-refractivity contribution in [2.75, 3.05) is 11.9 Å². The number of hydrogen-bond donors (Lipinski definition) is 1. The molecule has 2 aromatic rings. The fourth-order valence-corrected chi connectivity index (χ4v) is 1.82. The summed E-state index contributed by atoms with van der Waals surface area (Å²) >= 11 is 0. The third-order valence-corrected chi connectivity index (χ3v) is 2.75. The first-order chi connectivity index (χ1) is 10.1. The molecule has 0 radical (unpaired) electrons. The van der Waals surface area contributed by atoms with Crippen LogP contribution >= 0.6 is 0 Å². The average molecular weight is 291 g/mol. The van der Waals surface area contributed by atoms with Gasteiger partial charge in [0.25, 0.3) is 0 Å². The molecule has 7 heteroatoms. The van der Waals surface area contributed by atoms with E-state index in [0.717, 1.165) is 6.07 Å². The van der Waals surface area contributed by atoms with Crippen molar-refractivity contribution in [2.45, 2.75) is 13.5 Å². The Balaban J connectivity index is 2.23. The molecular formula is C14H14FN3O3. The van der Waals surface area contributed by atoms with Crippen LogP contribution in [0.2, 0.25) is 0 Å². The van der Waals surface area contributed by atoms with E-state index in [4.69, 9.17) is 4.74 Å². The number of hydrogen-bond acceptors (Lipinski definition) is 5. The van der Waals surface area contributed by atoms with Crippen molar-refractivity contribution in [3.05, 3.63) is 58.0 Å². The highest BCUT2D eigenvalue weighted by atomic mass is 19.1. The zero-order valence-corrected chi connectivity index (χ0v) is 11.4. The van der Waals surface area contributed by atoms with E-state index in [-0.39, 0.29) is 12.4 Å². The SMILES string of the molecule is CCNc1ncccc1COc1c(F)cccc1[N+](=O)[O-]. The quantitative estimate of drug-likeness (QED) is 0.653. The molecule has 0 atom stereocenters. The van der Waals surface area contributed by atoms with E-state index in [0.29, 0.717) is 17.9 Å². The molecule has 0 fully saturated rings. The number of nitrogens with one attached hydrogen (secondary N) is 1. The van der Waals surface area contributed by atoms with Crippen LogP contribution in [0.1, 0.15) is 12.5 Å². The molecule has 1 heterocycles. The number of pyridine rings is 1. The number of nitrogens with zero attached hydrogens (tertiary/aromatic N) is 2. The first kappa shape index (κ1) is 14.7. The highest BCUT2D eigenvalue weighted by Crippen LogP contribution is 2.30. The molecule has 0 bridgehead atoms. The molecule has 1 aromatic heterocycles. The summed E-state index contributed by atoms with van der Waals surface area (Å²) in [4.78, 5) is 14.4. The summed E-state index contributed by atoms with van der Waals surface area (Å²) < 4.78 is 19.0. The number of benzene rings is 1. The Labute approximate surface area is 120 Å². The molecule has 0 aliphatic heterocycles. The number of nitro groups is 1. The van der Waals surface area contributed by atoms with Crippen LogP contribution in [0, 0.1) is 15.9 Å². The second-order valence-corrected chi connectivity index (χ2v) is 4.18. The summed E-state index contributed by atoms with van der Waals surface area (Å²) in [5, 5.41) is 13.9. The maximum atomic E-state index is 13.7. The van der Waals surface area contributed by atoms with E-state index in [2.05, 4.69) is 10.3 Å². The summed E-state index contributed by atoms with van der Waals surface area (Å²) in [6, 6.07) is 7.07. The van der Waals surface area contributed by atoms with E-state index in [1.807, 2.05) is 6.92 Å². The van der Waals surface area contributed by atoms with Crippen LogP contribution < -0.4 is 10.1 Å². The van der Waals surface area contributed by atoms with E-state index < -0.39 is 16.4 Å². The van der Waals surface area contributed by atoms with Crippen LogP contribution in [0.25, 0.3) is 0 Å². The number of anilines is 1.